The van der Waals surface area contributed by atoms with Crippen LogP contribution in [-0.4, -0.2) is 43.5 Å². The van der Waals surface area contributed by atoms with Gasteiger partial charge in [0.25, 0.3) is 0 Å². The van der Waals surface area contributed by atoms with Crippen LogP contribution in [0.3, 0.4) is 0 Å². The summed E-state index contributed by atoms with van der Waals surface area (Å²) in [5.41, 5.74) is 1.51. The second-order valence-corrected chi connectivity index (χ2v) is 9.00. The van der Waals surface area contributed by atoms with E-state index in [2.05, 4.69) is 15.7 Å². The van der Waals surface area contributed by atoms with Crippen LogP contribution in [0.25, 0.3) is 0 Å². The van der Waals surface area contributed by atoms with Crippen LogP contribution in [0.15, 0.2) is 35.5 Å². The molecule has 1 aliphatic heterocycles. The number of nitrogens with zero attached hydrogens (tertiary/aromatic N) is 2. The lowest BCUT2D eigenvalue weighted by Crippen LogP contribution is -2.36. The number of sulfone groups is 1. The van der Waals surface area contributed by atoms with Crippen LogP contribution in [0.5, 0.6) is 0 Å². The molecule has 3 rings (SSSR count). The zero-order valence-electron chi connectivity index (χ0n) is 15.8. The molecule has 10 heteroatoms. The molecule has 1 aliphatic rings. The highest BCUT2D eigenvalue weighted by molar-refractivity contribution is 7.90. The van der Waals surface area contributed by atoms with Gasteiger partial charge in [0.1, 0.15) is 10.7 Å². The van der Waals surface area contributed by atoms with Crippen LogP contribution in [-0.2, 0) is 21.7 Å². The van der Waals surface area contributed by atoms with E-state index in [1.807, 2.05) is 13.2 Å². The van der Waals surface area contributed by atoms with Crippen molar-refractivity contribution in [2.75, 3.05) is 19.3 Å². The number of carbonyl (C=O) groups excluding carboxylic acids is 1. The Morgan fingerprint density at radius 1 is 1.39 bits per heavy atom. The molecular weight excluding hydrogens is 407 g/mol. The number of amides is 1. The van der Waals surface area contributed by atoms with Crippen molar-refractivity contribution in [3.05, 3.63) is 47.5 Å². The van der Waals surface area contributed by atoms with Crippen molar-refractivity contribution in [1.82, 2.24) is 20.4 Å². The van der Waals surface area contributed by atoms with E-state index in [0.717, 1.165) is 17.9 Å². The lowest BCUT2D eigenvalue weighted by Gasteiger charge is -2.21. The van der Waals surface area contributed by atoms with Crippen LogP contribution >= 0.6 is 12.4 Å². The van der Waals surface area contributed by atoms with Crippen LogP contribution in [0.4, 0.5) is 4.39 Å². The summed E-state index contributed by atoms with van der Waals surface area (Å²) in [5, 5.41) is 10.3. The van der Waals surface area contributed by atoms with E-state index in [4.69, 9.17) is 0 Å². The molecule has 1 amide bonds. The lowest BCUT2D eigenvalue weighted by atomic mass is 9.90. The molecule has 1 aromatic carbocycles. The van der Waals surface area contributed by atoms with E-state index >= 15 is 0 Å². The van der Waals surface area contributed by atoms with Crippen molar-refractivity contribution in [1.29, 1.82) is 0 Å². The van der Waals surface area contributed by atoms with Gasteiger partial charge in [-0.1, -0.05) is 6.07 Å². The number of hydrogen-bond donors (Lipinski definition) is 2. The Balaban J connectivity index is 0.00000280. The van der Waals surface area contributed by atoms with Crippen LogP contribution in [0, 0.1) is 11.7 Å². The maximum atomic E-state index is 14.1. The van der Waals surface area contributed by atoms with Crippen molar-refractivity contribution in [2.45, 2.75) is 23.8 Å². The minimum absolute atomic E-state index is 0. The third-order valence-corrected chi connectivity index (χ3v) is 6.05. The summed E-state index contributed by atoms with van der Waals surface area (Å²) < 4.78 is 38.9. The van der Waals surface area contributed by atoms with Crippen LogP contribution < -0.4 is 10.6 Å². The molecule has 1 saturated heterocycles. The molecule has 1 aromatic heterocycles. The van der Waals surface area contributed by atoms with Crippen LogP contribution in [0.1, 0.15) is 30.0 Å². The fourth-order valence-electron chi connectivity index (χ4n) is 3.43. The summed E-state index contributed by atoms with van der Waals surface area (Å²) in [7, 11) is -1.80. The minimum Gasteiger partial charge on any atom is -0.349 e. The van der Waals surface area contributed by atoms with Crippen molar-refractivity contribution >= 4 is 28.2 Å². The topological polar surface area (TPSA) is 93.1 Å². The largest absolute Gasteiger partial charge is 0.349 e. The molecule has 154 valence electrons. The van der Waals surface area contributed by atoms with Crippen molar-refractivity contribution in [3.63, 3.8) is 0 Å². The van der Waals surface area contributed by atoms with Gasteiger partial charge in [-0.25, -0.2) is 12.8 Å². The molecule has 28 heavy (non-hydrogen) atoms. The van der Waals surface area contributed by atoms with Gasteiger partial charge in [0.05, 0.1) is 18.2 Å². The number of rotatable bonds is 5. The first-order valence-corrected chi connectivity index (χ1v) is 10.5. The van der Waals surface area contributed by atoms with E-state index < -0.39 is 21.7 Å². The molecular formula is C18H24ClFN4O3S. The van der Waals surface area contributed by atoms with Gasteiger partial charge in [-0.05, 0) is 30.2 Å². The number of nitrogens with one attached hydrogen (secondary N) is 2. The zero-order chi connectivity index (χ0) is 19.8. The molecule has 0 saturated carbocycles. The monoisotopic (exact) mass is 430 g/mol. The first-order valence-electron chi connectivity index (χ1n) is 8.66. The smallest absolute Gasteiger partial charge is 0.225 e. The van der Waals surface area contributed by atoms with Gasteiger partial charge in [0.2, 0.25) is 5.91 Å². The van der Waals surface area contributed by atoms with E-state index in [1.54, 1.807) is 17.8 Å². The highest BCUT2D eigenvalue weighted by Crippen LogP contribution is 2.29. The molecule has 0 aliphatic carbocycles. The minimum atomic E-state index is -3.63. The molecule has 2 heterocycles. The third-order valence-electron chi connectivity index (χ3n) is 4.92. The van der Waals surface area contributed by atoms with Gasteiger partial charge in [-0.15, -0.1) is 12.4 Å². The number of benzene rings is 1. The maximum Gasteiger partial charge on any atom is 0.225 e. The van der Waals surface area contributed by atoms with Gasteiger partial charge in [0.15, 0.2) is 9.84 Å². The number of carbonyl (C=O) groups is 1. The third kappa shape index (κ3) is 4.71. The summed E-state index contributed by atoms with van der Waals surface area (Å²) >= 11 is 0. The molecule has 0 spiro atoms. The highest BCUT2D eigenvalue weighted by atomic mass is 35.5. The summed E-state index contributed by atoms with van der Waals surface area (Å²) in [6.45, 7) is 2.99. The van der Waals surface area contributed by atoms with Gasteiger partial charge < -0.3 is 10.6 Å². The van der Waals surface area contributed by atoms with Crippen molar-refractivity contribution in [3.8, 4) is 0 Å². The van der Waals surface area contributed by atoms with Crippen molar-refractivity contribution < 1.29 is 17.6 Å². The Labute approximate surface area is 170 Å². The molecule has 2 aromatic rings. The standard InChI is InChI=1S/C18H23FN4O3S.ClH/c1-11(12-4-5-17(16(19)6-12)27(3,25)26)22-18(24)15-9-20-8-14(15)13-7-21-23(2)10-13;/h4-7,10-11,14-15,20H,8-9H2,1-3H3,(H,22,24);1H/t11?,14-,15+;/m1./s1. The molecule has 1 unspecified atom stereocenters. The maximum absolute atomic E-state index is 14.1. The molecule has 2 N–H and O–H groups in total. The Hall–Kier alpha value is -1.97. The van der Waals surface area contributed by atoms with Gasteiger partial charge >= 0.3 is 0 Å². The van der Waals surface area contributed by atoms with Crippen LogP contribution in [0.2, 0.25) is 0 Å². The second kappa shape index (κ2) is 8.59. The zero-order valence-corrected chi connectivity index (χ0v) is 17.5. The average Bonchev–Trinajstić information content (AvgIpc) is 3.21. The quantitative estimate of drug-likeness (QED) is 0.751. The number of aromatic nitrogens is 2. The van der Waals surface area contributed by atoms with E-state index in [-0.39, 0.29) is 35.0 Å². The Morgan fingerprint density at radius 2 is 2.11 bits per heavy atom. The van der Waals surface area contributed by atoms with E-state index in [1.165, 1.54) is 12.1 Å². The lowest BCUT2D eigenvalue weighted by molar-refractivity contribution is -0.125. The van der Waals surface area contributed by atoms with E-state index in [9.17, 15) is 17.6 Å². The second-order valence-electron chi connectivity index (χ2n) is 7.01. The molecule has 7 nitrogen and oxygen atoms in total. The highest BCUT2D eigenvalue weighted by Gasteiger charge is 2.35. The van der Waals surface area contributed by atoms with E-state index in [0.29, 0.717) is 18.7 Å². The predicted molar refractivity (Wildman–Crippen MR) is 106 cm³/mol. The summed E-state index contributed by atoms with van der Waals surface area (Å²) in [6.07, 6.45) is 4.63. The first kappa shape index (κ1) is 22.3. The van der Waals surface area contributed by atoms with Gasteiger partial charge in [-0.2, -0.15) is 5.10 Å². The fourth-order valence-corrected chi connectivity index (χ4v) is 4.16. The SMILES string of the molecule is CC(NC(=O)[C@H]1CNC[C@@H]1c1cnn(C)c1)c1ccc(S(C)(=O)=O)c(F)c1.Cl. The normalized spacial score (nSPS) is 20.4. The molecule has 3 atom stereocenters. The number of hydrogen-bond acceptors (Lipinski definition) is 5. The summed E-state index contributed by atoms with van der Waals surface area (Å²) in [5.74, 6) is -1.17. The summed E-state index contributed by atoms with van der Waals surface area (Å²) in [4.78, 5) is 12.4. The number of halogens is 2. The van der Waals surface area contributed by atoms with Gasteiger partial charge in [0, 0.05) is 38.5 Å². The average molecular weight is 431 g/mol. The Bertz CT molecular complexity index is 963. The Kier molecular flexibility index (Phi) is 6.84. The molecule has 0 radical (unpaired) electrons. The first-order chi connectivity index (χ1) is 12.7. The van der Waals surface area contributed by atoms with Crippen molar-refractivity contribution in [2.24, 2.45) is 13.0 Å². The molecule has 1 fully saturated rings. The number of aryl methyl sites for hydroxylation is 1. The Morgan fingerprint density at radius 3 is 2.68 bits per heavy atom. The molecule has 0 bridgehead atoms. The van der Waals surface area contributed by atoms with Gasteiger partial charge in [-0.3, -0.25) is 9.48 Å². The summed E-state index contributed by atoms with van der Waals surface area (Å²) in [6, 6.07) is 3.47. The predicted octanol–water partition coefficient (Wildman–Crippen LogP) is 1.56. The fraction of sp³-hybridized carbons (Fsp3) is 0.444.